The zero-order chi connectivity index (χ0) is 19.4. The van der Waals surface area contributed by atoms with E-state index in [1.807, 2.05) is 6.07 Å². The number of halogens is 1. The van der Waals surface area contributed by atoms with E-state index in [1.54, 1.807) is 24.3 Å². The van der Waals surface area contributed by atoms with Crippen LogP contribution in [-0.4, -0.2) is 38.8 Å². The van der Waals surface area contributed by atoms with Crippen LogP contribution in [-0.2, 0) is 10.0 Å². The monoisotopic (exact) mass is 452 g/mol. The number of benzene rings is 2. The fraction of sp³-hybridized carbons (Fsp3) is 0.316. The summed E-state index contributed by atoms with van der Waals surface area (Å²) in [6, 6.07) is 11.5. The number of nitrogens with zero attached hydrogens (tertiary/aromatic N) is 1. The van der Waals surface area contributed by atoms with Crippen molar-refractivity contribution in [2.75, 3.05) is 25.5 Å². The van der Waals surface area contributed by atoms with Gasteiger partial charge in [-0.25, -0.2) is 8.42 Å². The number of amides is 1. The molecule has 0 atom stereocenters. The van der Waals surface area contributed by atoms with Crippen LogP contribution in [0.2, 0.25) is 0 Å². The molecule has 27 heavy (non-hydrogen) atoms. The Morgan fingerprint density at radius 3 is 2.48 bits per heavy atom. The zero-order valence-corrected chi connectivity index (χ0v) is 17.3. The van der Waals surface area contributed by atoms with Crippen molar-refractivity contribution in [3.63, 3.8) is 0 Å². The summed E-state index contributed by atoms with van der Waals surface area (Å²) in [6.45, 7) is 1.04. The highest BCUT2D eigenvalue weighted by Gasteiger charge is 2.27. The van der Waals surface area contributed by atoms with E-state index in [2.05, 4.69) is 21.2 Å². The molecule has 2 aromatic carbocycles. The topological polar surface area (TPSA) is 75.7 Å². The van der Waals surface area contributed by atoms with Crippen LogP contribution in [0.5, 0.6) is 5.75 Å². The lowest BCUT2D eigenvalue weighted by atomic mass is 10.2. The van der Waals surface area contributed by atoms with E-state index in [1.165, 1.54) is 23.5 Å². The summed E-state index contributed by atoms with van der Waals surface area (Å²) in [4.78, 5) is 12.8. The molecule has 0 saturated carbocycles. The molecule has 3 rings (SSSR count). The molecule has 0 bridgehead atoms. The lowest BCUT2D eigenvalue weighted by molar-refractivity contribution is 0.102. The van der Waals surface area contributed by atoms with Gasteiger partial charge in [0.05, 0.1) is 23.3 Å². The summed E-state index contributed by atoms with van der Waals surface area (Å²) in [7, 11) is -2.13. The van der Waals surface area contributed by atoms with E-state index in [0.717, 1.165) is 19.3 Å². The number of sulfonamides is 1. The summed E-state index contributed by atoms with van der Waals surface area (Å²) in [5.74, 6) is 0.0429. The molecule has 1 amide bonds. The first kappa shape index (κ1) is 19.9. The van der Waals surface area contributed by atoms with Gasteiger partial charge in [-0.15, -0.1) is 0 Å². The van der Waals surface area contributed by atoms with Crippen LogP contribution in [0.25, 0.3) is 0 Å². The normalized spacial score (nSPS) is 15.3. The van der Waals surface area contributed by atoms with E-state index in [0.29, 0.717) is 34.6 Å². The van der Waals surface area contributed by atoms with Gasteiger partial charge in [-0.3, -0.25) is 4.79 Å². The second-order valence-electron chi connectivity index (χ2n) is 6.26. The third kappa shape index (κ3) is 4.34. The van der Waals surface area contributed by atoms with Gasteiger partial charge in [0.1, 0.15) is 5.75 Å². The predicted octanol–water partition coefficient (Wildman–Crippen LogP) is 3.88. The number of nitrogens with one attached hydrogen (secondary N) is 1. The largest absolute Gasteiger partial charge is 0.495 e. The van der Waals surface area contributed by atoms with Gasteiger partial charge in [-0.05, 0) is 59.1 Å². The number of carbonyl (C=O) groups is 1. The number of carbonyl (C=O) groups excluding carboxylic acids is 1. The van der Waals surface area contributed by atoms with E-state index < -0.39 is 10.0 Å². The fourth-order valence-electron chi connectivity index (χ4n) is 3.03. The number of anilines is 1. The molecule has 1 fully saturated rings. The minimum Gasteiger partial charge on any atom is -0.495 e. The summed E-state index contributed by atoms with van der Waals surface area (Å²) < 4.78 is 33.3. The van der Waals surface area contributed by atoms with Gasteiger partial charge in [0.15, 0.2) is 0 Å². The summed E-state index contributed by atoms with van der Waals surface area (Å²) in [6.07, 6.45) is 2.77. The minimum atomic E-state index is -3.60. The Hall–Kier alpha value is -1.90. The second kappa shape index (κ2) is 8.41. The van der Waals surface area contributed by atoms with Crippen LogP contribution in [0.3, 0.4) is 0 Å². The van der Waals surface area contributed by atoms with Crippen molar-refractivity contribution in [1.29, 1.82) is 0 Å². The molecular formula is C19H21BrN2O4S. The van der Waals surface area contributed by atoms with Gasteiger partial charge in [0, 0.05) is 17.6 Å². The maximum atomic E-state index is 12.9. The Labute approximate surface area is 167 Å². The first-order valence-corrected chi connectivity index (χ1v) is 10.9. The highest BCUT2D eigenvalue weighted by molar-refractivity contribution is 9.10. The molecule has 0 aromatic heterocycles. The van der Waals surface area contributed by atoms with Crippen molar-refractivity contribution >= 4 is 37.5 Å². The molecule has 1 saturated heterocycles. The van der Waals surface area contributed by atoms with Gasteiger partial charge in [0.2, 0.25) is 10.0 Å². The smallest absolute Gasteiger partial charge is 0.256 e. The average Bonchev–Trinajstić information content (AvgIpc) is 2.69. The molecule has 1 aliphatic rings. The molecule has 0 unspecified atom stereocenters. The Balaban J connectivity index is 1.92. The third-order valence-electron chi connectivity index (χ3n) is 4.49. The molecule has 6 nitrogen and oxygen atoms in total. The van der Waals surface area contributed by atoms with Gasteiger partial charge >= 0.3 is 0 Å². The minimum absolute atomic E-state index is 0.146. The van der Waals surface area contributed by atoms with E-state index in [4.69, 9.17) is 4.74 Å². The maximum Gasteiger partial charge on any atom is 0.256 e. The Bertz CT molecular complexity index is 940. The summed E-state index contributed by atoms with van der Waals surface area (Å²) in [5.41, 5.74) is 0.764. The Morgan fingerprint density at radius 2 is 1.81 bits per heavy atom. The summed E-state index contributed by atoms with van der Waals surface area (Å²) in [5, 5.41) is 2.76. The Kier molecular flexibility index (Phi) is 6.18. The number of hydrogen-bond acceptors (Lipinski definition) is 4. The van der Waals surface area contributed by atoms with E-state index >= 15 is 0 Å². The lowest BCUT2D eigenvalue weighted by Crippen LogP contribution is -2.35. The molecule has 1 N–H and O–H groups in total. The van der Waals surface area contributed by atoms with E-state index in [9.17, 15) is 13.2 Å². The number of ether oxygens (including phenoxy) is 1. The standard InChI is InChI=1S/C19H21BrN2O4S/c1-26-18-10-9-14(27(24,25)22-11-5-2-6-12-22)13-17(18)21-19(23)15-7-3-4-8-16(15)20/h3-4,7-10,13H,2,5-6,11-12H2,1H3,(H,21,23). The summed E-state index contributed by atoms with van der Waals surface area (Å²) >= 11 is 3.35. The molecule has 144 valence electrons. The van der Waals surface area contributed by atoms with Gasteiger partial charge in [0.25, 0.3) is 5.91 Å². The van der Waals surface area contributed by atoms with Crippen LogP contribution >= 0.6 is 15.9 Å². The maximum absolute atomic E-state index is 12.9. The number of hydrogen-bond donors (Lipinski definition) is 1. The van der Waals surface area contributed by atoms with Gasteiger partial charge in [-0.1, -0.05) is 18.6 Å². The number of rotatable bonds is 5. The van der Waals surface area contributed by atoms with Gasteiger partial charge < -0.3 is 10.1 Å². The van der Waals surface area contributed by atoms with Crippen molar-refractivity contribution in [2.24, 2.45) is 0 Å². The van der Waals surface area contributed by atoms with Crippen molar-refractivity contribution in [3.8, 4) is 5.75 Å². The Morgan fingerprint density at radius 1 is 1.11 bits per heavy atom. The lowest BCUT2D eigenvalue weighted by Gasteiger charge is -2.26. The van der Waals surface area contributed by atoms with Crippen LogP contribution in [0, 0.1) is 0 Å². The SMILES string of the molecule is COc1ccc(S(=O)(=O)N2CCCCC2)cc1NC(=O)c1ccccc1Br. The van der Waals surface area contributed by atoms with Crippen molar-refractivity contribution in [2.45, 2.75) is 24.2 Å². The molecule has 1 aliphatic heterocycles. The van der Waals surface area contributed by atoms with Crippen molar-refractivity contribution < 1.29 is 17.9 Å². The van der Waals surface area contributed by atoms with Crippen LogP contribution in [0.15, 0.2) is 51.8 Å². The van der Waals surface area contributed by atoms with Crippen LogP contribution in [0.1, 0.15) is 29.6 Å². The average molecular weight is 453 g/mol. The molecule has 0 aliphatic carbocycles. The zero-order valence-electron chi connectivity index (χ0n) is 14.9. The highest BCUT2D eigenvalue weighted by Crippen LogP contribution is 2.30. The highest BCUT2D eigenvalue weighted by atomic mass is 79.9. The number of piperidine rings is 1. The first-order valence-electron chi connectivity index (χ1n) is 8.67. The van der Waals surface area contributed by atoms with Crippen molar-refractivity contribution in [3.05, 3.63) is 52.5 Å². The second-order valence-corrected chi connectivity index (χ2v) is 9.05. The molecule has 0 spiro atoms. The third-order valence-corrected chi connectivity index (χ3v) is 7.08. The number of methoxy groups -OCH3 is 1. The van der Waals surface area contributed by atoms with Crippen LogP contribution in [0.4, 0.5) is 5.69 Å². The van der Waals surface area contributed by atoms with E-state index in [-0.39, 0.29) is 10.8 Å². The quantitative estimate of drug-likeness (QED) is 0.746. The van der Waals surface area contributed by atoms with Crippen LogP contribution < -0.4 is 10.1 Å². The van der Waals surface area contributed by atoms with Gasteiger partial charge in [-0.2, -0.15) is 4.31 Å². The molecule has 8 heteroatoms. The fourth-order valence-corrected chi connectivity index (χ4v) is 5.04. The molecule has 0 radical (unpaired) electrons. The first-order chi connectivity index (χ1) is 12.9. The predicted molar refractivity (Wildman–Crippen MR) is 108 cm³/mol. The molecule has 2 aromatic rings. The molecular weight excluding hydrogens is 432 g/mol. The molecule has 1 heterocycles. The van der Waals surface area contributed by atoms with Crippen molar-refractivity contribution in [1.82, 2.24) is 4.31 Å².